The molecule has 0 spiro atoms. The zero-order chi connectivity index (χ0) is 21.0. The molecule has 0 saturated heterocycles. The van der Waals surface area contributed by atoms with Crippen LogP contribution in [-0.2, 0) is 6.54 Å². The summed E-state index contributed by atoms with van der Waals surface area (Å²) in [4.78, 5) is 37.6. The monoisotopic (exact) mass is 396 g/mol. The minimum atomic E-state index is -0.654. The van der Waals surface area contributed by atoms with Crippen LogP contribution in [0.4, 0.5) is 0 Å². The molecule has 29 heavy (non-hydrogen) atoms. The van der Waals surface area contributed by atoms with Crippen molar-refractivity contribution in [2.45, 2.75) is 13.5 Å². The molecule has 0 fully saturated rings. The zero-order valence-electron chi connectivity index (χ0n) is 16.2. The molecular weight excluding hydrogens is 376 g/mol. The number of hydrazine groups is 1. The maximum absolute atomic E-state index is 12.7. The molecule has 0 aliphatic rings. The number of fused-ring (bicyclic) bond motifs is 1. The van der Waals surface area contributed by atoms with Crippen molar-refractivity contribution in [3.05, 3.63) is 64.1 Å². The number of methoxy groups -OCH3 is 2. The van der Waals surface area contributed by atoms with Crippen LogP contribution < -0.4 is 25.9 Å². The minimum absolute atomic E-state index is 0.0277. The van der Waals surface area contributed by atoms with Gasteiger partial charge in [-0.05, 0) is 31.2 Å². The summed E-state index contributed by atoms with van der Waals surface area (Å²) < 4.78 is 11.5. The quantitative estimate of drug-likeness (QED) is 0.633. The van der Waals surface area contributed by atoms with Gasteiger partial charge >= 0.3 is 0 Å². The fraction of sp³-hybridized carbons (Fsp3) is 0.200. The molecule has 0 saturated carbocycles. The second kappa shape index (κ2) is 8.42. The lowest BCUT2D eigenvalue weighted by Crippen LogP contribution is -2.43. The van der Waals surface area contributed by atoms with Gasteiger partial charge in [0, 0.05) is 11.9 Å². The Morgan fingerprint density at radius 2 is 1.69 bits per heavy atom. The smallest absolute Gasteiger partial charge is 0.290 e. The van der Waals surface area contributed by atoms with Crippen molar-refractivity contribution >= 4 is 22.6 Å². The van der Waals surface area contributed by atoms with Crippen LogP contribution in [0.1, 0.15) is 27.8 Å². The van der Waals surface area contributed by atoms with E-state index < -0.39 is 11.8 Å². The molecule has 0 aliphatic carbocycles. The second-order valence-corrected chi connectivity index (χ2v) is 5.99. The van der Waals surface area contributed by atoms with Crippen LogP contribution in [0.5, 0.6) is 11.5 Å². The third-order valence-corrected chi connectivity index (χ3v) is 4.32. The molecule has 0 radical (unpaired) electrons. The fourth-order valence-electron chi connectivity index (χ4n) is 2.85. The first-order chi connectivity index (χ1) is 14.0. The molecule has 3 aromatic rings. The predicted octanol–water partition coefficient (Wildman–Crippen LogP) is 1.51. The van der Waals surface area contributed by atoms with Crippen LogP contribution in [0.2, 0.25) is 0 Å². The fourth-order valence-corrected chi connectivity index (χ4v) is 2.85. The number of benzene rings is 2. The summed E-state index contributed by atoms with van der Waals surface area (Å²) in [7, 11) is 2.91. The average Bonchev–Trinajstić information content (AvgIpc) is 2.77. The molecule has 0 atom stereocenters. The van der Waals surface area contributed by atoms with Crippen molar-refractivity contribution in [1.29, 1.82) is 0 Å². The van der Waals surface area contributed by atoms with Crippen LogP contribution >= 0.6 is 0 Å². The first kappa shape index (κ1) is 19.9. The third-order valence-electron chi connectivity index (χ3n) is 4.32. The second-order valence-electron chi connectivity index (χ2n) is 5.99. The first-order valence-corrected chi connectivity index (χ1v) is 8.82. The number of nitrogens with zero attached hydrogens (tertiary/aromatic N) is 2. The van der Waals surface area contributed by atoms with Gasteiger partial charge in [-0.2, -0.15) is 5.10 Å². The topological polar surface area (TPSA) is 112 Å². The normalized spacial score (nSPS) is 10.4. The van der Waals surface area contributed by atoms with Gasteiger partial charge in [0.15, 0.2) is 5.69 Å². The Kier molecular flexibility index (Phi) is 5.77. The highest BCUT2D eigenvalue weighted by Gasteiger charge is 2.18. The van der Waals surface area contributed by atoms with Gasteiger partial charge in [-0.1, -0.05) is 18.2 Å². The number of hydrogen-bond acceptors (Lipinski definition) is 6. The highest BCUT2D eigenvalue weighted by atomic mass is 16.5. The maximum Gasteiger partial charge on any atom is 0.290 e. The summed E-state index contributed by atoms with van der Waals surface area (Å²) in [6.45, 7) is 2.05. The van der Waals surface area contributed by atoms with Gasteiger partial charge in [-0.3, -0.25) is 25.2 Å². The van der Waals surface area contributed by atoms with Gasteiger partial charge in [0.25, 0.3) is 17.4 Å². The van der Waals surface area contributed by atoms with Crippen molar-refractivity contribution in [3.63, 3.8) is 0 Å². The first-order valence-electron chi connectivity index (χ1n) is 8.82. The Bertz CT molecular complexity index is 1140. The summed E-state index contributed by atoms with van der Waals surface area (Å²) in [5, 5.41) is 4.89. The zero-order valence-corrected chi connectivity index (χ0v) is 16.2. The molecule has 2 amide bonds. The molecule has 2 aromatic carbocycles. The number of carbonyl (C=O) groups excluding carboxylic acids is 2. The van der Waals surface area contributed by atoms with Crippen LogP contribution in [0.25, 0.3) is 10.8 Å². The lowest BCUT2D eigenvalue weighted by molar-refractivity contribution is 0.0841. The van der Waals surface area contributed by atoms with E-state index in [-0.39, 0.29) is 16.8 Å². The number of carbonyl (C=O) groups is 2. The van der Waals surface area contributed by atoms with Crippen LogP contribution in [0.15, 0.2) is 47.3 Å². The largest absolute Gasteiger partial charge is 0.497 e. The lowest BCUT2D eigenvalue weighted by Gasteiger charge is -2.13. The number of ether oxygens (including phenoxy) is 2. The predicted molar refractivity (Wildman–Crippen MR) is 106 cm³/mol. The molecule has 1 heterocycles. The van der Waals surface area contributed by atoms with Gasteiger partial charge in [-0.15, -0.1) is 0 Å². The van der Waals surface area contributed by atoms with E-state index in [0.29, 0.717) is 28.8 Å². The Labute approximate surface area is 166 Å². The summed E-state index contributed by atoms with van der Waals surface area (Å²) in [5.41, 5.74) is 4.60. The highest BCUT2D eigenvalue weighted by molar-refractivity contribution is 6.06. The minimum Gasteiger partial charge on any atom is -0.497 e. The molecule has 9 nitrogen and oxygen atoms in total. The number of aromatic nitrogens is 2. The van der Waals surface area contributed by atoms with Crippen molar-refractivity contribution in [1.82, 2.24) is 20.6 Å². The molecule has 1 aromatic heterocycles. The third kappa shape index (κ3) is 3.88. The molecule has 0 bridgehead atoms. The summed E-state index contributed by atoms with van der Waals surface area (Å²) in [6.07, 6.45) is 0. The number of hydrogen-bond donors (Lipinski definition) is 2. The number of rotatable bonds is 5. The Morgan fingerprint density at radius 3 is 2.34 bits per heavy atom. The Hall–Kier alpha value is -3.88. The summed E-state index contributed by atoms with van der Waals surface area (Å²) >= 11 is 0. The van der Waals surface area contributed by atoms with Gasteiger partial charge in [0.2, 0.25) is 0 Å². The van der Waals surface area contributed by atoms with E-state index in [0.717, 1.165) is 0 Å². The van der Waals surface area contributed by atoms with E-state index in [1.807, 2.05) is 0 Å². The SMILES string of the molecule is CCn1nc(C(=O)NNC(=O)c2cc(OC)ccc2OC)c2ccccc2c1=O. The molecular formula is C20H20N4O5. The maximum atomic E-state index is 12.7. The van der Waals surface area contributed by atoms with E-state index in [4.69, 9.17) is 9.47 Å². The summed E-state index contributed by atoms with van der Waals surface area (Å²) in [6, 6.07) is 11.4. The van der Waals surface area contributed by atoms with Crippen molar-refractivity contribution in [2.75, 3.05) is 14.2 Å². The molecule has 3 rings (SSSR count). The average molecular weight is 396 g/mol. The van der Waals surface area contributed by atoms with Crippen LogP contribution in [0, 0.1) is 0 Å². The van der Waals surface area contributed by atoms with Crippen molar-refractivity contribution in [3.8, 4) is 11.5 Å². The van der Waals surface area contributed by atoms with Crippen LogP contribution in [-0.4, -0.2) is 35.8 Å². The molecule has 2 N–H and O–H groups in total. The van der Waals surface area contributed by atoms with E-state index >= 15 is 0 Å². The molecule has 0 aliphatic heterocycles. The van der Waals surface area contributed by atoms with E-state index in [1.54, 1.807) is 43.3 Å². The Balaban J connectivity index is 1.88. The van der Waals surface area contributed by atoms with Gasteiger partial charge < -0.3 is 9.47 Å². The van der Waals surface area contributed by atoms with Gasteiger partial charge in [0.05, 0.1) is 25.2 Å². The molecule has 0 unspecified atom stereocenters. The molecule has 150 valence electrons. The van der Waals surface area contributed by atoms with E-state index in [2.05, 4.69) is 16.0 Å². The molecule has 9 heteroatoms. The van der Waals surface area contributed by atoms with Crippen molar-refractivity contribution < 1.29 is 19.1 Å². The van der Waals surface area contributed by atoms with Gasteiger partial charge in [-0.25, -0.2) is 4.68 Å². The number of nitrogens with one attached hydrogen (secondary N) is 2. The van der Waals surface area contributed by atoms with Crippen LogP contribution in [0.3, 0.4) is 0 Å². The van der Waals surface area contributed by atoms with Crippen molar-refractivity contribution in [2.24, 2.45) is 0 Å². The van der Waals surface area contributed by atoms with E-state index in [1.165, 1.54) is 25.0 Å². The summed E-state index contributed by atoms with van der Waals surface area (Å²) in [5.74, 6) is -0.466. The lowest BCUT2D eigenvalue weighted by atomic mass is 10.1. The Morgan fingerprint density at radius 1 is 1.00 bits per heavy atom. The van der Waals surface area contributed by atoms with E-state index in [9.17, 15) is 14.4 Å². The standard InChI is InChI=1S/C20H20N4O5/c1-4-24-20(27)14-8-6-5-7-13(14)17(23-24)19(26)22-21-18(25)15-11-12(28-2)9-10-16(15)29-3/h5-11H,4H2,1-3H3,(H,21,25)(H,22,26). The number of amides is 2. The number of aryl methyl sites for hydroxylation is 1. The highest BCUT2D eigenvalue weighted by Crippen LogP contribution is 2.23. The van der Waals surface area contributed by atoms with Gasteiger partial charge in [0.1, 0.15) is 11.5 Å².